The van der Waals surface area contributed by atoms with Gasteiger partial charge in [0.15, 0.2) is 0 Å². The molecule has 0 spiro atoms. The average molecular weight is 327 g/mol. The number of nitrogens with zero attached hydrogens (tertiary/aromatic N) is 2. The zero-order chi connectivity index (χ0) is 13.8. The van der Waals surface area contributed by atoms with Gasteiger partial charge in [-0.3, -0.25) is 4.79 Å². The summed E-state index contributed by atoms with van der Waals surface area (Å²) in [6.07, 6.45) is 2.48. The van der Waals surface area contributed by atoms with Crippen LogP contribution in [0.25, 0.3) is 0 Å². The third-order valence-electron chi connectivity index (χ3n) is 3.04. The SMILES string of the molecule is CC(C)Oc1cc(CN2CC(CBr)CC2=O)ccn1. The summed E-state index contributed by atoms with van der Waals surface area (Å²) in [5, 5.41) is 0.882. The van der Waals surface area contributed by atoms with Crippen molar-refractivity contribution in [1.29, 1.82) is 0 Å². The second-order valence-corrected chi connectivity index (χ2v) is 5.82. The van der Waals surface area contributed by atoms with Gasteiger partial charge < -0.3 is 9.64 Å². The fraction of sp³-hybridized carbons (Fsp3) is 0.571. The number of alkyl halides is 1. The molecule has 1 atom stereocenters. The first-order valence-corrected chi connectivity index (χ1v) is 7.66. The molecule has 1 aliphatic rings. The van der Waals surface area contributed by atoms with E-state index in [2.05, 4.69) is 20.9 Å². The molecule has 2 heterocycles. The van der Waals surface area contributed by atoms with Gasteiger partial charge >= 0.3 is 0 Å². The van der Waals surface area contributed by atoms with Crippen molar-refractivity contribution < 1.29 is 9.53 Å². The van der Waals surface area contributed by atoms with Crippen molar-refractivity contribution in [2.24, 2.45) is 5.92 Å². The number of ether oxygens (including phenoxy) is 1. The quantitative estimate of drug-likeness (QED) is 0.781. The van der Waals surface area contributed by atoms with Crippen molar-refractivity contribution in [2.75, 3.05) is 11.9 Å². The van der Waals surface area contributed by atoms with Crippen LogP contribution in [0.15, 0.2) is 18.3 Å². The summed E-state index contributed by atoms with van der Waals surface area (Å²) in [4.78, 5) is 17.9. The predicted molar refractivity (Wildman–Crippen MR) is 77.3 cm³/mol. The zero-order valence-electron chi connectivity index (χ0n) is 11.3. The molecule has 1 aromatic heterocycles. The van der Waals surface area contributed by atoms with Crippen LogP contribution in [0.1, 0.15) is 25.8 Å². The Labute approximate surface area is 122 Å². The molecule has 2 rings (SSSR count). The van der Waals surface area contributed by atoms with E-state index in [4.69, 9.17) is 4.74 Å². The van der Waals surface area contributed by atoms with E-state index in [1.807, 2.05) is 30.9 Å². The molecule has 1 fully saturated rings. The zero-order valence-corrected chi connectivity index (χ0v) is 12.9. The van der Waals surface area contributed by atoms with Gasteiger partial charge in [-0.05, 0) is 31.4 Å². The molecule has 1 amide bonds. The molecule has 19 heavy (non-hydrogen) atoms. The summed E-state index contributed by atoms with van der Waals surface area (Å²) in [5.41, 5.74) is 1.06. The maximum atomic E-state index is 11.9. The normalized spacial score (nSPS) is 19.3. The molecule has 0 aliphatic carbocycles. The van der Waals surface area contributed by atoms with E-state index in [0.29, 0.717) is 24.8 Å². The third kappa shape index (κ3) is 3.93. The molecule has 104 valence electrons. The first kappa shape index (κ1) is 14.3. The fourth-order valence-electron chi connectivity index (χ4n) is 2.19. The lowest BCUT2D eigenvalue weighted by molar-refractivity contribution is -0.128. The van der Waals surface area contributed by atoms with Crippen LogP contribution >= 0.6 is 15.9 Å². The van der Waals surface area contributed by atoms with Crippen molar-refractivity contribution in [2.45, 2.75) is 32.9 Å². The standard InChI is InChI=1S/C14H19BrN2O2/c1-10(2)19-13-5-11(3-4-16-13)8-17-9-12(7-15)6-14(17)18/h3-5,10,12H,6-9H2,1-2H3. The van der Waals surface area contributed by atoms with E-state index in [9.17, 15) is 4.79 Å². The van der Waals surface area contributed by atoms with E-state index < -0.39 is 0 Å². The molecule has 0 bridgehead atoms. The average Bonchev–Trinajstić information content (AvgIpc) is 2.70. The van der Waals surface area contributed by atoms with Gasteiger partial charge in [0, 0.05) is 37.1 Å². The van der Waals surface area contributed by atoms with Crippen LogP contribution in [0.3, 0.4) is 0 Å². The monoisotopic (exact) mass is 326 g/mol. The van der Waals surface area contributed by atoms with Crippen LogP contribution in [0, 0.1) is 5.92 Å². The molecule has 0 N–H and O–H groups in total. The summed E-state index contributed by atoms with van der Waals surface area (Å²) < 4.78 is 5.57. The molecule has 0 aromatic carbocycles. The van der Waals surface area contributed by atoms with Crippen molar-refractivity contribution in [3.63, 3.8) is 0 Å². The number of hydrogen-bond donors (Lipinski definition) is 0. The van der Waals surface area contributed by atoms with Crippen molar-refractivity contribution in [3.8, 4) is 5.88 Å². The lowest BCUT2D eigenvalue weighted by Gasteiger charge is -2.17. The van der Waals surface area contributed by atoms with Gasteiger partial charge in [-0.1, -0.05) is 15.9 Å². The topological polar surface area (TPSA) is 42.4 Å². The Kier molecular flexibility index (Phi) is 4.80. The number of hydrogen-bond acceptors (Lipinski definition) is 3. The van der Waals surface area contributed by atoms with E-state index in [1.165, 1.54) is 0 Å². The van der Waals surface area contributed by atoms with Crippen LogP contribution < -0.4 is 4.74 Å². The van der Waals surface area contributed by atoms with Crippen molar-refractivity contribution in [1.82, 2.24) is 9.88 Å². The molecular formula is C14H19BrN2O2. The maximum Gasteiger partial charge on any atom is 0.223 e. The number of carbonyl (C=O) groups excluding carboxylic acids is 1. The van der Waals surface area contributed by atoms with Crippen molar-refractivity contribution >= 4 is 21.8 Å². The molecule has 1 aliphatic heterocycles. The highest BCUT2D eigenvalue weighted by molar-refractivity contribution is 9.09. The Bertz CT molecular complexity index is 451. The van der Waals surface area contributed by atoms with Gasteiger partial charge in [-0.25, -0.2) is 4.98 Å². The van der Waals surface area contributed by atoms with Crippen LogP contribution in [-0.4, -0.2) is 33.8 Å². The summed E-state index contributed by atoms with van der Waals surface area (Å²) in [6, 6.07) is 3.84. The highest BCUT2D eigenvalue weighted by atomic mass is 79.9. The number of halogens is 1. The van der Waals surface area contributed by atoms with Gasteiger partial charge in [0.2, 0.25) is 11.8 Å². The van der Waals surface area contributed by atoms with E-state index in [1.54, 1.807) is 6.20 Å². The van der Waals surface area contributed by atoms with Crippen LogP contribution in [-0.2, 0) is 11.3 Å². The summed E-state index contributed by atoms with van der Waals surface area (Å²) in [7, 11) is 0. The van der Waals surface area contributed by atoms with Gasteiger partial charge in [0.1, 0.15) is 0 Å². The molecule has 5 heteroatoms. The highest BCUT2D eigenvalue weighted by Gasteiger charge is 2.28. The van der Waals surface area contributed by atoms with E-state index in [-0.39, 0.29) is 12.0 Å². The minimum absolute atomic E-state index is 0.106. The van der Waals surface area contributed by atoms with Crippen molar-refractivity contribution in [3.05, 3.63) is 23.9 Å². The first-order valence-electron chi connectivity index (χ1n) is 6.53. The Balaban J connectivity index is 2.01. The molecule has 0 radical (unpaired) electrons. The van der Waals surface area contributed by atoms with E-state index in [0.717, 1.165) is 17.4 Å². The summed E-state index contributed by atoms with van der Waals surface area (Å²) >= 11 is 3.45. The second-order valence-electron chi connectivity index (χ2n) is 5.17. The number of likely N-dealkylation sites (tertiary alicyclic amines) is 1. The van der Waals surface area contributed by atoms with Gasteiger partial charge in [-0.15, -0.1) is 0 Å². The molecule has 1 aromatic rings. The number of pyridine rings is 1. The minimum atomic E-state index is 0.106. The van der Waals surface area contributed by atoms with Gasteiger partial charge in [0.25, 0.3) is 0 Å². The molecule has 4 nitrogen and oxygen atoms in total. The van der Waals surface area contributed by atoms with E-state index >= 15 is 0 Å². The van der Waals surface area contributed by atoms with Crippen LogP contribution in [0.2, 0.25) is 0 Å². The number of rotatable bonds is 5. The third-order valence-corrected chi connectivity index (χ3v) is 3.96. The Morgan fingerprint density at radius 2 is 2.37 bits per heavy atom. The summed E-state index contributed by atoms with van der Waals surface area (Å²) in [5.74, 6) is 1.28. The lowest BCUT2D eigenvalue weighted by atomic mass is 10.2. The molecule has 0 saturated carbocycles. The number of carbonyl (C=O) groups is 1. The first-order chi connectivity index (χ1) is 9.08. The number of amides is 1. The smallest absolute Gasteiger partial charge is 0.223 e. The largest absolute Gasteiger partial charge is 0.475 e. The molecule has 1 unspecified atom stereocenters. The van der Waals surface area contributed by atoms with Gasteiger partial charge in [0.05, 0.1) is 6.10 Å². The van der Waals surface area contributed by atoms with Crippen LogP contribution in [0.5, 0.6) is 5.88 Å². The number of aromatic nitrogens is 1. The van der Waals surface area contributed by atoms with Crippen LogP contribution in [0.4, 0.5) is 0 Å². The van der Waals surface area contributed by atoms with Gasteiger partial charge in [-0.2, -0.15) is 0 Å². The fourth-order valence-corrected chi connectivity index (χ4v) is 2.62. The lowest BCUT2D eigenvalue weighted by Crippen LogP contribution is -2.24. The Morgan fingerprint density at radius 3 is 3.00 bits per heavy atom. The highest BCUT2D eigenvalue weighted by Crippen LogP contribution is 2.22. The molecule has 1 saturated heterocycles. The predicted octanol–water partition coefficient (Wildman–Crippen LogP) is 2.61. The second kappa shape index (κ2) is 6.37. The minimum Gasteiger partial charge on any atom is -0.475 e. The maximum absolute atomic E-state index is 11.9. The Morgan fingerprint density at radius 1 is 1.58 bits per heavy atom. The summed E-state index contributed by atoms with van der Waals surface area (Å²) in [6.45, 7) is 5.41. The Hall–Kier alpha value is -1.10. The molecular weight excluding hydrogens is 308 g/mol.